The molecule has 1 aliphatic rings. The fourth-order valence-electron chi connectivity index (χ4n) is 2.86. The molecule has 1 heterocycles. The van der Waals surface area contributed by atoms with E-state index in [0.717, 1.165) is 30.8 Å². The molecular formula is C15H22N2O2. The number of hydrogen-bond acceptors (Lipinski definition) is 3. The van der Waals surface area contributed by atoms with E-state index in [1.165, 1.54) is 0 Å². The number of carboxylic acids is 1. The van der Waals surface area contributed by atoms with Crippen molar-refractivity contribution in [2.75, 3.05) is 13.1 Å². The fourth-order valence-corrected chi connectivity index (χ4v) is 2.86. The van der Waals surface area contributed by atoms with Crippen molar-refractivity contribution in [2.24, 2.45) is 0 Å². The van der Waals surface area contributed by atoms with Crippen molar-refractivity contribution < 1.29 is 9.90 Å². The largest absolute Gasteiger partial charge is 0.481 e. The van der Waals surface area contributed by atoms with Crippen molar-refractivity contribution >= 4 is 5.97 Å². The minimum Gasteiger partial charge on any atom is -0.481 e. The predicted octanol–water partition coefficient (Wildman–Crippen LogP) is 1.50. The lowest BCUT2D eigenvalue weighted by Gasteiger charge is -2.36. The van der Waals surface area contributed by atoms with Crippen LogP contribution in [-0.4, -0.2) is 41.1 Å². The summed E-state index contributed by atoms with van der Waals surface area (Å²) in [6.45, 7) is 7.22. The van der Waals surface area contributed by atoms with Crippen molar-refractivity contribution in [3.63, 3.8) is 0 Å². The Kier molecular flexibility index (Phi) is 4.56. The highest BCUT2D eigenvalue weighted by Crippen LogP contribution is 2.15. The molecular weight excluding hydrogens is 240 g/mol. The monoisotopic (exact) mass is 262 g/mol. The standard InChI is InChI=1S/C15H22N2O2/c1-11-8-17(9-12(2)16-11)10-14-6-4-3-5-13(14)7-15(18)19/h3-6,11-12,16H,7-10H2,1-2H3,(H,18,19). The molecule has 2 atom stereocenters. The van der Waals surface area contributed by atoms with E-state index < -0.39 is 5.97 Å². The van der Waals surface area contributed by atoms with Crippen molar-refractivity contribution in [3.05, 3.63) is 35.4 Å². The van der Waals surface area contributed by atoms with Crippen molar-refractivity contribution in [1.29, 1.82) is 0 Å². The minimum atomic E-state index is -0.769. The van der Waals surface area contributed by atoms with E-state index in [4.69, 9.17) is 5.11 Å². The average Bonchev–Trinajstić information content (AvgIpc) is 2.29. The van der Waals surface area contributed by atoms with Gasteiger partial charge in [-0.15, -0.1) is 0 Å². The number of carbonyl (C=O) groups is 1. The molecule has 1 aromatic carbocycles. The van der Waals surface area contributed by atoms with Crippen LogP contribution in [0.15, 0.2) is 24.3 Å². The molecule has 1 saturated heterocycles. The molecule has 0 aromatic heterocycles. The SMILES string of the molecule is CC1CN(Cc2ccccc2CC(=O)O)CC(C)N1. The van der Waals surface area contributed by atoms with E-state index in [0.29, 0.717) is 12.1 Å². The molecule has 0 saturated carbocycles. The molecule has 2 rings (SSSR count). The third kappa shape index (κ3) is 4.04. The summed E-state index contributed by atoms with van der Waals surface area (Å²) in [5.74, 6) is -0.769. The van der Waals surface area contributed by atoms with Gasteiger partial charge in [0.25, 0.3) is 0 Å². The number of piperazine rings is 1. The summed E-state index contributed by atoms with van der Waals surface area (Å²) in [5, 5.41) is 12.5. The maximum atomic E-state index is 10.9. The normalized spacial score (nSPS) is 24.3. The van der Waals surface area contributed by atoms with Crippen molar-refractivity contribution in [2.45, 2.75) is 38.9 Å². The average molecular weight is 262 g/mol. The van der Waals surface area contributed by atoms with Gasteiger partial charge >= 0.3 is 5.97 Å². The van der Waals surface area contributed by atoms with Gasteiger partial charge in [0.15, 0.2) is 0 Å². The molecule has 4 nitrogen and oxygen atoms in total. The Morgan fingerprint density at radius 2 is 1.84 bits per heavy atom. The highest BCUT2D eigenvalue weighted by molar-refractivity contribution is 5.70. The summed E-state index contributed by atoms with van der Waals surface area (Å²) in [5.41, 5.74) is 2.06. The van der Waals surface area contributed by atoms with E-state index >= 15 is 0 Å². The van der Waals surface area contributed by atoms with Crippen LogP contribution in [0, 0.1) is 0 Å². The van der Waals surface area contributed by atoms with Crippen LogP contribution >= 0.6 is 0 Å². The van der Waals surface area contributed by atoms with Crippen LogP contribution in [-0.2, 0) is 17.8 Å². The molecule has 0 aliphatic carbocycles. The lowest BCUT2D eigenvalue weighted by atomic mass is 10.0. The first-order valence-electron chi connectivity index (χ1n) is 6.81. The first kappa shape index (κ1) is 14.0. The molecule has 2 N–H and O–H groups in total. The number of rotatable bonds is 4. The molecule has 19 heavy (non-hydrogen) atoms. The Balaban J connectivity index is 2.07. The molecule has 0 bridgehead atoms. The third-order valence-electron chi connectivity index (χ3n) is 3.49. The van der Waals surface area contributed by atoms with Crippen LogP contribution in [0.25, 0.3) is 0 Å². The van der Waals surface area contributed by atoms with Gasteiger partial charge in [-0.05, 0) is 25.0 Å². The first-order valence-corrected chi connectivity index (χ1v) is 6.81. The maximum Gasteiger partial charge on any atom is 0.307 e. The van der Waals surface area contributed by atoms with E-state index in [1.807, 2.05) is 24.3 Å². The van der Waals surface area contributed by atoms with Gasteiger partial charge in [0.2, 0.25) is 0 Å². The number of carboxylic acid groups (broad SMARTS) is 1. The van der Waals surface area contributed by atoms with Crippen LogP contribution in [0.5, 0.6) is 0 Å². The second-order valence-electron chi connectivity index (χ2n) is 5.50. The zero-order valence-electron chi connectivity index (χ0n) is 11.6. The Bertz CT molecular complexity index is 438. The van der Waals surface area contributed by atoms with Crippen LogP contribution in [0.2, 0.25) is 0 Å². The summed E-state index contributed by atoms with van der Waals surface area (Å²) in [4.78, 5) is 13.3. The van der Waals surface area contributed by atoms with Crippen LogP contribution in [0.3, 0.4) is 0 Å². The molecule has 0 amide bonds. The predicted molar refractivity (Wildman–Crippen MR) is 75.1 cm³/mol. The summed E-state index contributed by atoms with van der Waals surface area (Å²) in [6, 6.07) is 8.81. The van der Waals surface area contributed by atoms with E-state index in [9.17, 15) is 4.79 Å². The van der Waals surface area contributed by atoms with E-state index in [1.54, 1.807) is 0 Å². The maximum absolute atomic E-state index is 10.9. The van der Waals surface area contributed by atoms with E-state index in [-0.39, 0.29) is 6.42 Å². The van der Waals surface area contributed by atoms with Crippen LogP contribution < -0.4 is 5.32 Å². The number of benzene rings is 1. The van der Waals surface area contributed by atoms with Crippen molar-refractivity contribution in [1.82, 2.24) is 10.2 Å². The van der Waals surface area contributed by atoms with Crippen LogP contribution in [0.4, 0.5) is 0 Å². The lowest BCUT2D eigenvalue weighted by molar-refractivity contribution is -0.136. The zero-order chi connectivity index (χ0) is 13.8. The molecule has 1 fully saturated rings. The smallest absolute Gasteiger partial charge is 0.307 e. The van der Waals surface area contributed by atoms with Gasteiger partial charge in [-0.3, -0.25) is 9.69 Å². The molecule has 4 heteroatoms. The van der Waals surface area contributed by atoms with Crippen LogP contribution in [0.1, 0.15) is 25.0 Å². The van der Waals surface area contributed by atoms with Gasteiger partial charge in [0.05, 0.1) is 6.42 Å². The highest BCUT2D eigenvalue weighted by Gasteiger charge is 2.21. The molecule has 104 valence electrons. The van der Waals surface area contributed by atoms with Gasteiger partial charge in [-0.25, -0.2) is 0 Å². The number of nitrogens with one attached hydrogen (secondary N) is 1. The molecule has 0 radical (unpaired) electrons. The zero-order valence-corrected chi connectivity index (χ0v) is 11.6. The second kappa shape index (κ2) is 6.17. The Morgan fingerprint density at radius 1 is 1.26 bits per heavy atom. The highest BCUT2D eigenvalue weighted by atomic mass is 16.4. The summed E-state index contributed by atoms with van der Waals surface area (Å²) in [6.07, 6.45) is 0.105. The summed E-state index contributed by atoms with van der Waals surface area (Å²) < 4.78 is 0. The van der Waals surface area contributed by atoms with Gasteiger partial charge < -0.3 is 10.4 Å². The quantitative estimate of drug-likeness (QED) is 0.863. The number of hydrogen-bond donors (Lipinski definition) is 2. The fraction of sp³-hybridized carbons (Fsp3) is 0.533. The molecule has 1 aliphatic heterocycles. The second-order valence-corrected chi connectivity index (χ2v) is 5.50. The van der Waals surface area contributed by atoms with E-state index in [2.05, 4.69) is 24.1 Å². The summed E-state index contributed by atoms with van der Waals surface area (Å²) >= 11 is 0. The Labute approximate surface area is 114 Å². The minimum absolute atomic E-state index is 0.105. The Hall–Kier alpha value is -1.39. The summed E-state index contributed by atoms with van der Waals surface area (Å²) in [7, 11) is 0. The molecule has 0 spiro atoms. The molecule has 2 unspecified atom stereocenters. The van der Waals surface area contributed by atoms with Crippen molar-refractivity contribution in [3.8, 4) is 0 Å². The third-order valence-corrected chi connectivity index (χ3v) is 3.49. The van der Waals surface area contributed by atoms with Gasteiger partial charge in [0.1, 0.15) is 0 Å². The lowest BCUT2D eigenvalue weighted by Crippen LogP contribution is -2.53. The number of nitrogens with zero attached hydrogens (tertiary/aromatic N) is 1. The topological polar surface area (TPSA) is 52.6 Å². The Morgan fingerprint density at radius 3 is 2.42 bits per heavy atom. The first-order chi connectivity index (χ1) is 9.04. The van der Waals surface area contributed by atoms with Gasteiger partial charge in [-0.1, -0.05) is 24.3 Å². The molecule has 1 aromatic rings. The van der Waals surface area contributed by atoms with Gasteiger partial charge in [0, 0.05) is 31.7 Å². The van der Waals surface area contributed by atoms with Gasteiger partial charge in [-0.2, -0.15) is 0 Å². The number of aliphatic carboxylic acids is 1.